The summed E-state index contributed by atoms with van der Waals surface area (Å²) in [5.74, 6) is -0.294. The Balaban J connectivity index is 2.03. The molecule has 2 aliphatic heterocycles. The third kappa shape index (κ3) is 1.14. The first-order valence-corrected chi connectivity index (χ1v) is 5.38. The van der Waals surface area contributed by atoms with Gasteiger partial charge in [-0.3, -0.25) is 4.79 Å². The summed E-state index contributed by atoms with van der Waals surface area (Å²) < 4.78 is 14.1. The fourth-order valence-electron chi connectivity index (χ4n) is 2.78. The molecule has 3 atom stereocenters. The molecule has 80 valence electrons. The Labute approximate surface area is 87.6 Å². The number of carbonyl (C=O) groups excluding carboxylic acids is 1. The molecular weight excluding hydrogens is 195 g/mol. The molecule has 0 spiro atoms. The lowest BCUT2D eigenvalue weighted by molar-refractivity contribution is -0.125. The smallest absolute Gasteiger partial charge is 0.250 e. The third-order valence-corrected chi connectivity index (χ3v) is 3.47. The number of fused-ring (bicyclic) bond motifs is 3. The van der Waals surface area contributed by atoms with Crippen LogP contribution in [-0.2, 0) is 4.79 Å². The van der Waals surface area contributed by atoms with Gasteiger partial charge in [-0.05, 0) is 19.3 Å². The second-order valence-electron chi connectivity index (χ2n) is 4.29. The Morgan fingerprint density at radius 3 is 3.27 bits per heavy atom. The van der Waals surface area contributed by atoms with Crippen molar-refractivity contribution in [3.8, 4) is 0 Å². The molecule has 3 aliphatic rings. The minimum atomic E-state index is -1.05. The first-order chi connectivity index (χ1) is 7.29. The molecule has 1 fully saturated rings. The van der Waals surface area contributed by atoms with Crippen molar-refractivity contribution >= 4 is 5.91 Å². The maximum atomic E-state index is 14.1. The average molecular weight is 208 g/mol. The van der Waals surface area contributed by atoms with Crippen LogP contribution in [0.4, 0.5) is 4.39 Å². The summed E-state index contributed by atoms with van der Waals surface area (Å²) in [5, 5.41) is 2.57. The van der Waals surface area contributed by atoms with Crippen molar-refractivity contribution in [1.29, 1.82) is 0 Å². The number of alkyl halides is 1. The molecule has 1 aliphatic carbocycles. The highest BCUT2D eigenvalue weighted by atomic mass is 19.1. The molecule has 3 unspecified atom stereocenters. The zero-order valence-corrected chi connectivity index (χ0v) is 8.32. The van der Waals surface area contributed by atoms with Crippen LogP contribution in [0.1, 0.15) is 19.3 Å². The topological polar surface area (TPSA) is 32.3 Å². The van der Waals surface area contributed by atoms with Gasteiger partial charge in [0.2, 0.25) is 5.91 Å². The first-order valence-electron chi connectivity index (χ1n) is 5.38. The van der Waals surface area contributed by atoms with Crippen molar-refractivity contribution in [2.24, 2.45) is 5.92 Å². The number of amides is 1. The zero-order valence-electron chi connectivity index (χ0n) is 8.32. The predicted molar refractivity (Wildman–Crippen MR) is 53.2 cm³/mol. The average Bonchev–Trinajstić information content (AvgIpc) is 2.55. The molecule has 1 saturated heterocycles. The summed E-state index contributed by atoms with van der Waals surface area (Å²) in [6.07, 6.45) is 7.27. The van der Waals surface area contributed by atoms with Gasteiger partial charge in [0, 0.05) is 24.0 Å². The Kier molecular flexibility index (Phi) is 1.84. The number of halogens is 1. The van der Waals surface area contributed by atoms with Crippen LogP contribution in [0.3, 0.4) is 0 Å². The number of nitrogens with one attached hydrogen (secondary N) is 1. The van der Waals surface area contributed by atoms with E-state index in [4.69, 9.17) is 0 Å². The number of rotatable bonds is 0. The number of carbonyl (C=O) groups is 1. The van der Waals surface area contributed by atoms with Crippen molar-refractivity contribution < 1.29 is 9.18 Å². The number of hydrogen-bond acceptors (Lipinski definition) is 2. The van der Waals surface area contributed by atoms with E-state index in [9.17, 15) is 9.18 Å². The van der Waals surface area contributed by atoms with E-state index in [1.54, 1.807) is 17.3 Å². The lowest BCUT2D eigenvalue weighted by Crippen LogP contribution is -2.46. The van der Waals surface area contributed by atoms with Gasteiger partial charge in [0.25, 0.3) is 0 Å². The number of nitrogens with zero attached hydrogens (tertiary/aromatic N) is 1. The summed E-state index contributed by atoms with van der Waals surface area (Å²) >= 11 is 0. The Morgan fingerprint density at radius 1 is 1.53 bits per heavy atom. The van der Waals surface area contributed by atoms with E-state index >= 15 is 0 Å². The summed E-state index contributed by atoms with van der Waals surface area (Å²) in [6.45, 7) is 0. The van der Waals surface area contributed by atoms with Crippen LogP contribution in [0.2, 0.25) is 0 Å². The van der Waals surface area contributed by atoms with E-state index in [0.29, 0.717) is 0 Å². The van der Waals surface area contributed by atoms with Crippen molar-refractivity contribution in [2.75, 3.05) is 0 Å². The van der Waals surface area contributed by atoms with Gasteiger partial charge in [0.15, 0.2) is 0 Å². The van der Waals surface area contributed by atoms with E-state index < -0.39 is 12.2 Å². The number of allylic oxidation sites excluding steroid dienone is 2. The molecule has 0 aromatic carbocycles. The largest absolute Gasteiger partial charge is 0.335 e. The molecule has 2 heterocycles. The van der Waals surface area contributed by atoms with Gasteiger partial charge in [-0.15, -0.1) is 0 Å². The van der Waals surface area contributed by atoms with E-state index in [1.165, 1.54) is 0 Å². The molecule has 0 saturated carbocycles. The highest BCUT2D eigenvalue weighted by Gasteiger charge is 2.49. The molecule has 0 aromatic rings. The van der Waals surface area contributed by atoms with Crippen LogP contribution >= 0.6 is 0 Å². The van der Waals surface area contributed by atoms with Gasteiger partial charge in [0.05, 0.1) is 0 Å². The SMILES string of the molecule is O=C1NC=CN2C3=CCCCC3C(F)C12. The second-order valence-corrected chi connectivity index (χ2v) is 4.29. The molecule has 1 N–H and O–H groups in total. The standard InChI is InChI=1S/C11H13FN2O/c12-9-7-3-1-2-4-8(7)14-6-5-13-11(15)10(9)14/h4-7,9-10H,1-3H2,(H,13,15). The van der Waals surface area contributed by atoms with Gasteiger partial charge in [-0.1, -0.05) is 6.08 Å². The molecule has 15 heavy (non-hydrogen) atoms. The molecule has 4 heteroatoms. The van der Waals surface area contributed by atoms with Crippen LogP contribution in [0.5, 0.6) is 0 Å². The summed E-state index contributed by atoms with van der Waals surface area (Å²) in [4.78, 5) is 13.4. The molecular formula is C11H13FN2O. The Morgan fingerprint density at radius 2 is 2.40 bits per heavy atom. The van der Waals surface area contributed by atoms with E-state index in [1.807, 2.05) is 0 Å². The molecule has 3 nitrogen and oxygen atoms in total. The molecule has 0 radical (unpaired) electrons. The fourth-order valence-corrected chi connectivity index (χ4v) is 2.78. The van der Waals surface area contributed by atoms with Crippen molar-refractivity contribution in [3.63, 3.8) is 0 Å². The third-order valence-electron chi connectivity index (χ3n) is 3.47. The van der Waals surface area contributed by atoms with Crippen LogP contribution in [0.15, 0.2) is 24.2 Å². The van der Waals surface area contributed by atoms with Crippen molar-refractivity contribution in [1.82, 2.24) is 10.2 Å². The summed E-state index contributed by atoms with van der Waals surface area (Å²) in [6, 6.07) is -0.635. The van der Waals surface area contributed by atoms with Crippen molar-refractivity contribution in [2.45, 2.75) is 31.5 Å². The summed E-state index contributed by atoms with van der Waals surface area (Å²) in [5.41, 5.74) is 1.00. The maximum absolute atomic E-state index is 14.1. The van der Waals surface area contributed by atoms with Crippen molar-refractivity contribution in [3.05, 3.63) is 24.2 Å². The summed E-state index contributed by atoms with van der Waals surface area (Å²) in [7, 11) is 0. The number of hydrogen-bond donors (Lipinski definition) is 1. The van der Waals surface area contributed by atoms with Gasteiger partial charge < -0.3 is 10.2 Å². The predicted octanol–water partition coefficient (Wildman–Crippen LogP) is 1.29. The minimum Gasteiger partial charge on any atom is -0.335 e. The monoisotopic (exact) mass is 208 g/mol. The Bertz CT molecular complexity index is 364. The highest BCUT2D eigenvalue weighted by Crippen LogP contribution is 2.42. The minimum absolute atomic E-state index is 0.0720. The lowest BCUT2D eigenvalue weighted by Gasteiger charge is -2.27. The molecule has 1 amide bonds. The lowest BCUT2D eigenvalue weighted by atomic mass is 9.90. The van der Waals surface area contributed by atoms with Gasteiger partial charge in [-0.2, -0.15) is 0 Å². The normalized spacial score (nSPS) is 38.2. The van der Waals surface area contributed by atoms with Crippen LogP contribution < -0.4 is 5.32 Å². The van der Waals surface area contributed by atoms with Crippen LogP contribution in [0, 0.1) is 5.92 Å². The highest BCUT2D eigenvalue weighted by molar-refractivity contribution is 5.85. The quantitative estimate of drug-likeness (QED) is 0.650. The first kappa shape index (κ1) is 8.95. The van der Waals surface area contributed by atoms with Gasteiger partial charge >= 0.3 is 0 Å². The van der Waals surface area contributed by atoms with Crippen LogP contribution in [-0.4, -0.2) is 23.0 Å². The Hall–Kier alpha value is -1.32. The molecule has 0 aromatic heterocycles. The van der Waals surface area contributed by atoms with E-state index in [-0.39, 0.29) is 11.8 Å². The second kappa shape index (κ2) is 3.08. The maximum Gasteiger partial charge on any atom is 0.250 e. The van der Waals surface area contributed by atoms with E-state index in [0.717, 1.165) is 25.0 Å². The van der Waals surface area contributed by atoms with E-state index in [2.05, 4.69) is 11.4 Å². The molecule has 0 bridgehead atoms. The molecule has 3 rings (SSSR count). The van der Waals surface area contributed by atoms with Gasteiger partial charge in [0.1, 0.15) is 12.2 Å². The van der Waals surface area contributed by atoms with Crippen LogP contribution in [0.25, 0.3) is 0 Å². The fraction of sp³-hybridized carbons (Fsp3) is 0.545. The van der Waals surface area contributed by atoms with Gasteiger partial charge in [-0.25, -0.2) is 4.39 Å². The zero-order chi connectivity index (χ0) is 10.4.